The van der Waals surface area contributed by atoms with E-state index in [1.165, 1.54) is 0 Å². The van der Waals surface area contributed by atoms with Crippen LogP contribution >= 0.6 is 11.6 Å². The molecule has 1 fully saturated rings. The Morgan fingerprint density at radius 3 is 2.69 bits per heavy atom. The number of carbonyl (C=O) groups excluding carboxylic acids is 1. The smallest absolute Gasteiger partial charge is 0.257 e. The summed E-state index contributed by atoms with van der Waals surface area (Å²) in [5.41, 5.74) is 3.53. The predicted octanol–water partition coefficient (Wildman–Crippen LogP) is 4.98. The van der Waals surface area contributed by atoms with Crippen LogP contribution in [0.1, 0.15) is 42.2 Å². The van der Waals surface area contributed by atoms with Gasteiger partial charge in [-0.05, 0) is 42.7 Å². The molecule has 0 saturated carbocycles. The number of halogens is 1. The van der Waals surface area contributed by atoms with Crippen molar-refractivity contribution in [1.29, 1.82) is 0 Å². The molecule has 1 amide bonds. The standard InChI is InChI=1S/C23H25ClN4O/c1-16(2)22-21(14-25-28(22)20-10-6-7-17(24)13-20)23(29)27-12-11-19(15-27)26-18-8-4-3-5-9-18/h3-10,13-14,16,19,26H,11-12,15H2,1-2H3. The minimum absolute atomic E-state index is 0.0411. The minimum atomic E-state index is 0.0411. The molecule has 0 radical (unpaired) electrons. The summed E-state index contributed by atoms with van der Waals surface area (Å²) in [4.78, 5) is 15.2. The van der Waals surface area contributed by atoms with Gasteiger partial charge >= 0.3 is 0 Å². The summed E-state index contributed by atoms with van der Waals surface area (Å²) in [6.45, 7) is 5.59. The van der Waals surface area contributed by atoms with Gasteiger partial charge in [0.05, 0.1) is 23.1 Å². The summed E-state index contributed by atoms with van der Waals surface area (Å²) < 4.78 is 1.83. The molecule has 3 aromatic rings. The summed E-state index contributed by atoms with van der Waals surface area (Å²) in [6, 6.07) is 17.9. The molecule has 2 aromatic carbocycles. The van der Waals surface area contributed by atoms with E-state index in [9.17, 15) is 4.79 Å². The van der Waals surface area contributed by atoms with Crippen molar-refractivity contribution < 1.29 is 4.79 Å². The molecule has 1 N–H and O–H groups in total. The zero-order valence-electron chi connectivity index (χ0n) is 16.7. The van der Waals surface area contributed by atoms with Gasteiger partial charge in [-0.15, -0.1) is 0 Å². The molecule has 1 aliphatic rings. The minimum Gasteiger partial charge on any atom is -0.380 e. The van der Waals surface area contributed by atoms with Gasteiger partial charge in [-0.25, -0.2) is 4.68 Å². The molecule has 29 heavy (non-hydrogen) atoms. The van der Waals surface area contributed by atoms with E-state index in [0.29, 0.717) is 17.1 Å². The average Bonchev–Trinajstić information content (AvgIpc) is 3.35. The van der Waals surface area contributed by atoms with Gasteiger partial charge in [0.25, 0.3) is 5.91 Å². The summed E-state index contributed by atoms with van der Waals surface area (Å²) in [7, 11) is 0. The molecule has 0 aliphatic carbocycles. The highest BCUT2D eigenvalue weighted by molar-refractivity contribution is 6.30. The van der Waals surface area contributed by atoms with Crippen LogP contribution in [0.2, 0.25) is 5.02 Å². The van der Waals surface area contributed by atoms with Crippen LogP contribution in [0.15, 0.2) is 60.8 Å². The molecule has 150 valence electrons. The Balaban J connectivity index is 1.55. The van der Waals surface area contributed by atoms with Crippen molar-refractivity contribution >= 4 is 23.2 Å². The molecule has 2 heterocycles. The Bertz CT molecular complexity index is 999. The van der Waals surface area contributed by atoms with Crippen LogP contribution in [0.25, 0.3) is 5.69 Å². The Morgan fingerprint density at radius 1 is 1.17 bits per heavy atom. The monoisotopic (exact) mass is 408 g/mol. The van der Waals surface area contributed by atoms with Gasteiger partial charge in [0.1, 0.15) is 0 Å². The number of benzene rings is 2. The SMILES string of the molecule is CC(C)c1c(C(=O)N2CCC(Nc3ccccc3)C2)cnn1-c1cccc(Cl)c1. The van der Waals surface area contributed by atoms with E-state index in [2.05, 4.69) is 36.4 Å². The largest absolute Gasteiger partial charge is 0.380 e. The molecule has 5 nitrogen and oxygen atoms in total. The van der Waals surface area contributed by atoms with E-state index in [-0.39, 0.29) is 17.9 Å². The third-order valence-corrected chi connectivity index (χ3v) is 5.49. The normalized spacial score (nSPS) is 16.4. The number of aromatic nitrogens is 2. The quantitative estimate of drug-likeness (QED) is 0.648. The van der Waals surface area contributed by atoms with Crippen LogP contribution in [0, 0.1) is 0 Å². The molecule has 1 aliphatic heterocycles. The summed E-state index contributed by atoms with van der Waals surface area (Å²) in [5.74, 6) is 0.190. The van der Waals surface area contributed by atoms with Gasteiger partial charge in [-0.1, -0.05) is 49.7 Å². The fourth-order valence-corrected chi connectivity index (χ4v) is 4.08. The first-order valence-corrected chi connectivity index (χ1v) is 10.4. The third kappa shape index (κ3) is 4.15. The molecule has 1 aromatic heterocycles. The first-order valence-electron chi connectivity index (χ1n) is 9.97. The Morgan fingerprint density at radius 2 is 1.97 bits per heavy atom. The average molecular weight is 409 g/mol. The van der Waals surface area contributed by atoms with Crippen molar-refractivity contribution in [1.82, 2.24) is 14.7 Å². The summed E-state index contributed by atoms with van der Waals surface area (Å²) in [6.07, 6.45) is 2.62. The van der Waals surface area contributed by atoms with Crippen LogP contribution in [-0.4, -0.2) is 39.7 Å². The number of hydrogen-bond acceptors (Lipinski definition) is 3. The second kappa shape index (κ2) is 8.29. The molecule has 1 saturated heterocycles. The molecule has 4 rings (SSSR count). The zero-order valence-corrected chi connectivity index (χ0v) is 17.4. The predicted molar refractivity (Wildman–Crippen MR) is 117 cm³/mol. The fraction of sp³-hybridized carbons (Fsp3) is 0.304. The van der Waals surface area contributed by atoms with Gasteiger partial charge in [-0.3, -0.25) is 4.79 Å². The summed E-state index contributed by atoms with van der Waals surface area (Å²) >= 11 is 6.16. The fourth-order valence-electron chi connectivity index (χ4n) is 3.89. The maximum absolute atomic E-state index is 13.3. The van der Waals surface area contributed by atoms with E-state index in [4.69, 9.17) is 11.6 Å². The van der Waals surface area contributed by atoms with Crippen LogP contribution in [-0.2, 0) is 0 Å². The third-order valence-electron chi connectivity index (χ3n) is 5.26. The highest BCUT2D eigenvalue weighted by Gasteiger charge is 2.30. The van der Waals surface area contributed by atoms with Crippen molar-refractivity contribution in [2.45, 2.75) is 32.2 Å². The van der Waals surface area contributed by atoms with Crippen LogP contribution < -0.4 is 5.32 Å². The summed E-state index contributed by atoms with van der Waals surface area (Å²) in [5, 5.41) is 8.69. The zero-order chi connectivity index (χ0) is 20.4. The van der Waals surface area contributed by atoms with Crippen molar-refractivity contribution in [3.05, 3.63) is 77.1 Å². The Labute approximate surface area is 176 Å². The van der Waals surface area contributed by atoms with Gasteiger partial charge in [0, 0.05) is 29.8 Å². The van der Waals surface area contributed by atoms with Crippen molar-refractivity contribution in [2.24, 2.45) is 0 Å². The first kappa shape index (κ1) is 19.5. The van der Waals surface area contributed by atoms with E-state index in [1.54, 1.807) is 6.20 Å². The van der Waals surface area contributed by atoms with Crippen molar-refractivity contribution in [2.75, 3.05) is 18.4 Å². The molecule has 0 spiro atoms. The molecular weight excluding hydrogens is 384 g/mol. The molecule has 0 bridgehead atoms. The number of nitrogens with one attached hydrogen (secondary N) is 1. The first-order chi connectivity index (χ1) is 14.0. The lowest BCUT2D eigenvalue weighted by Gasteiger charge is -2.19. The lowest BCUT2D eigenvalue weighted by molar-refractivity contribution is 0.0790. The van der Waals surface area contributed by atoms with Crippen molar-refractivity contribution in [3.63, 3.8) is 0 Å². The maximum atomic E-state index is 13.3. The van der Waals surface area contributed by atoms with Gasteiger partial charge in [0.2, 0.25) is 0 Å². The number of carbonyl (C=O) groups is 1. The topological polar surface area (TPSA) is 50.2 Å². The molecule has 6 heteroatoms. The number of nitrogens with zero attached hydrogens (tertiary/aromatic N) is 3. The maximum Gasteiger partial charge on any atom is 0.257 e. The van der Waals surface area contributed by atoms with Gasteiger partial charge < -0.3 is 10.2 Å². The Kier molecular flexibility index (Phi) is 5.58. The van der Waals surface area contributed by atoms with E-state index in [1.807, 2.05) is 52.0 Å². The van der Waals surface area contributed by atoms with Crippen molar-refractivity contribution in [3.8, 4) is 5.69 Å². The van der Waals surface area contributed by atoms with Crippen LogP contribution in [0.3, 0.4) is 0 Å². The second-order valence-electron chi connectivity index (χ2n) is 7.74. The number of hydrogen-bond donors (Lipinski definition) is 1. The molecule has 1 unspecified atom stereocenters. The number of likely N-dealkylation sites (tertiary alicyclic amines) is 1. The van der Waals surface area contributed by atoms with E-state index >= 15 is 0 Å². The van der Waals surface area contributed by atoms with E-state index in [0.717, 1.165) is 30.0 Å². The number of para-hydroxylation sites is 1. The highest BCUT2D eigenvalue weighted by atomic mass is 35.5. The Hall–Kier alpha value is -2.79. The second-order valence-corrected chi connectivity index (χ2v) is 8.17. The number of amides is 1. The lowest BCUT2D eigenvalue weighted by atomic mass is 10.0. The van der Waals surface area contributed by atoms with Gasteiger partial charge in [0.15, 0.2) is 0 Å². The van der Waals surface area contributed by atoms with E-state index < -0.39 is 0 Å². The number of rotatable bonds is 5. The molecular formula is C23H25ClN4O. The molecule has 1 atom stereocenters. The highest BCUT2D eigenvalue weighted by Crippen LogP contribution is 2.27. The lowest BCUT2D eigenvalue weighted by Crippen LogP contribution is -2.32. The van der Waals surface area contributed by atoms with Crippen LogP contribution in [0.4, 0.5) is 5.69 Å². The number of anilines is 1. The van der Waals surface area contributed by atoms with Gasteiger partial charge in [-0.2, -0.15) is 5.10 Å². The van der Waals surface area contributed by atoms with Crippen LogP contribution in [0.5, 0.6) is 0 Å².